The highest BCUT2D eigenvalue weighted by molar-refractivity contribution is 5.98. The summed E-state index contributed by atoms with van der Waals surface area (Å²) in [7, 11) is 0. The lowest BCUT2D eigenvalue weighted by Crippen LogP contribution is -2.73. The van der Waals surface area contributed by atoms with Crippen molar-refractivity contribution >= 4 is 17.7 Å². The highest BCUT2D eigenvalue weighted by atomic mass is 16.6. The molecular formula is C31H42O9. The summed E-state index contributed by atoms with van der Waals surface area (Å²) < 4.78 is 11.4. The summed E-state index contributed by atoms with van der Waals surface area (Å²) in [5.41, 5.74) is -6.41. The molecule has 2 fully saturated rings. The predicted molar refractivity (Wildman–Crippen MR) is 143 cm³/mol. The normalized spacial score (nSPS) is 44.2. The molecule has 0 spiro atoms. The lowest BCUT2D eigenvalue weighted by atomic mass is 9.43. The van der Waals surface area contributed by atoms with Crippen LogP contribution in [0.15, 0.2) is 34.9 Å². The molecule has 9 heteroatoms. The maximum atomic E-state index is 13.4. The number of aliphatic hydroxyl groups excluding tert-OH is 1. The summed E-state index contributed by atoms with van der Waals surface area (Å²) in [5.74, 6) is -2.15. The second-order valence-electron chi connectivity index (χ2n) is 12.9. The Kier molecular flexibility index (Phi) is 6.81. The Bertz CT molecular complexity index is 1230. The van der Waals surface area contributed by atoms with Gasteiger partial charge in [-0.25, -0.2) is 4.79 Å². The number of ketones is 1. The largest absolute Gasteiger partial charge is 0.459 e. The first-order valence-corrected chi connectivity index (χ1v) is 14.4. The molecule has 2 saturated carbocycles. The first-order chi connectivity index (χ1) is 18.7. The van der Waals surface area contributed by atoms with E-state index in [9.17, 15) is 34.8 Å². The summed E-state index contributed by atoms with van der Waals surface area (Å²) in [6.45, 7) is 7.54. The molecule has 0 amide bonds. The molecule has 9 nitrogen and oxygen atoms in total. The first kappa shape index (κ1) is 29.2. The number of carbonyl (C=O) groups is 3. The Labute approximate surface area is 234 Å². The van der Waals surface area contributed by atoms with Crippen molar-refractivity contribution in [2.75, 3.05) is 6.61 Å². The van der Waals surface area contributed by atoms with Gasteiger partial charge in [-0.3, -0.25) is 9.59 Å². The van der Waals surface area contributed by atoms with Crippen LogP contribution < -0.4 is 0 Å². The number of hydrogen-bond donors (Lipinski definition) is 4. The molecular weight excluding hydrogens is 516 g/mol. The Morgan fingerprint density at radius 1 is 1.25 bits per heavy atom. The van der Waals surface area contributed by atoms with Crippen LogP contribution in [0.2, 0.25) is 0 Å². The number of aliphatic hydroxyl groups is 4. The maximum absolute atomic E-state index is 13.4. The van der Waals surface area contributed by atoms with Gasteiger partial charge in [-0.05, 0) is 76.4 Å². The van der Waals surface area contributed by atoms with Crippen molar-refractivity contribution < 1.29 is 44.3 Å². The Morgan fingerprint density at radius 3 is 2.58 bits per heavy atom. The van der Waals surface area contributed by atoms with Gasteiger partial charge in [0.05, 0.1) is 12.0 Å². The summed E-state index contributed by atoms with van der Waals surface area (Å²) in [5, 5.41) is 47.9. The van der Waals surface area contributed by atoms with Gasteiger partial charge in [-0.1, -0.05) is 24.6 Å². The fraction of sp³-hybridized carbons (Fsp3) is 0.710. The fourth-order valence-corrected chi connectivity index (χ4v) is 9.34. The minimum absolute atomic E-state index is 0.0108. The highest BCUT2D eigenvalue weighted by Crippen LogP contribution is 2.72. The van der Waals surface area contributed by atoms with Crippen LogP contribution in [0.1, 0.15) is 79.6 Å². The van der Waals surface area contributed by atoms with Crippen molar-refractivity contribution in [3.8, 4) is 0 Å². The Hall–Kier alpha value is -2.33. The van der Waals surface area contributed by atoms with Gasteiger partial charge in [0.15, 0.2) is 5.78 Å². The third kappa shape index (κ3) is 3.44. The monoisotopic (exact) mass is 558 g/mol. The van der Waals surface area contributed by atoms with E-state index in [1.807, 2.05) is 26.0 Å². The van der Waals surface area contributed by atoms with E-state index in [0.717, 1.165) is 5.57 Å². The molecule has 5 aliphatic rings. The second-order valence-corrected chi connectivity index (χ2v) is 12.9. The zero-order chi connectivity index (χ0) is 29.5. The Balaban J connectivity index is 1.65. The summed E-state index contributed by atoms with van der Waals surface area (Å²) in [4.78, 5) is 38.4. The van der Waals surface area contributed by atoms with Gasteiger partial charge in [-0.2, -0.15) is 0 Å². The van der Waals surface area contributed by atoms with Crippen LogP contribution in [0.25, 0.3) is 0 Å². The molecule has 0 radical (unpaired) electrons. The third-order valence-corrected chi connectivity index (χ3v) is 11.7. The molecule has 0 unspecified atom stereocenters. The van der Waals surface area contributed by atoms with Gasteiger partial charge in [0, 0.05) is 30.8 Å². The topological polar surface area (TPSA) is 151 Å². The molecule has 0 saturated heterocycles. The zero-order valence-corrected chi connectivity index (χ0v) is 24.0. The van der Waals surface area contributed by atoms with Crippen molar-refractivity contribution in [3.63, 3.8) is 0 Å². The van der Waals surface area contributed by atoms with Crippen LogP contribution in [0.4, 0.5) is 0 Å². The first-order valence-electron chi connectivity index (χ1n) is 14.4. The SMILES string of the molecule is CC[C@]12CC[C@H]3[C@@H](CC=C4CC=CC(=O)[C@@]43C)[C@]1(O)[C@@H](OC(C)=O)C[C@@]2(O)[C@@](C)(O)[C@H]1CC(CO)=C(C)C(=O)O1. The highest BCUT2D eigenvalue weighted by Gasteiger charge is 2.81. The molecule has 0 aromatic heterocycles. The van der Waals surface area contributed by atoms with Gasteiger partial charge in [0.25, 0.3) is 0 Å². The number of hydrogen-bond acceptors (Lipinski definition) is 9. The quantitative estimate of drug-likeness (QED) is 0.295. The average Bonchev–Trinajstić information content (AvgIpc) is 3.10. The Morgan fingerprint density at radius 2 is 1.95 bits per heavy atom. The molecule has 220 valence electrons. The summed E-state index contributed by atoms with van der Waals surface area (Å²) in [6.07, 6.45) is 4.92. The van der Waals surface area contributed by atoms with E-state index in [2.05, 4.69) is 0 Å². The van der Waals surface area contributed by atoms with Gasteiger partial charge in [0.2, 0.25) is 0 Å². The van der Waals surface area contributed by atoms with Crippen molar-refractivity contribution in [2.24, 2.45) is 22.7 Å². The standard InChI is InChI=1S/C31H42O9/c1-6-29-13-12-21-22(11-10-20-8-7-9-23(34)27(20,21)4)31(29,38)25(39-18(3)33)15-30(29,37)28(5,36)24-14-19(16-32)17(2)26(35)40-24/h7,9-10,21-22,24-25,32,36-38H,6,8,11-16H2,1-5H3/t21-,22+,24+,25-,27-,28-,29+,30+,31-/m0/s1. The van der Waals surface area contributed by atoms with Gasteiger partial charge >= 0.3 is 11.9 Å². The van der Waals surface area contributed by atoms with Crippen LogP contribution in [0.5, 0.6) is 0 Å². The predicted octanol–water partition coefficient (Wildman–Crippen LogP) is 2.45. The maximum Gasteiger partial charge on any atom is 0.334 e. The summed E-state index contributed by atoms with van der Waals surface area (Å²) in [6, 6.07) is 0. The summed E-state index contributed by atoms with van der Waals surface area (Å²) >= 11 is 0. The lowest BCUT2D eigenvalue weighted by molar-refractivity contribution is -0.291. The minimum atomic E-state index is -2.08. The minimum Gasteiger partial charge on any atom is -0.459 e. The van der Waals surface area contributed by atoms with E-state index in [-0.39, 0.29) is 43.0 Å². The van der Waals surface area contributed by atoms with Crippen LogP contribution >= 0.6 is 0 Å². The number of ether oxygens (including phenoxy) is 2. The van der Waals surface area contributed by atoms with Gasteiger partial charge < -0.3 is 29.9 Å². The molecule has 4 aliphatic carbocycles. The van der Waals surface area contributed by atoms with E-state index < -0.39 is 64.3 Å². The molecule has 0 bridgehead atoms. The number of cyclic esters (lactones) is 1. The van der Waals surface area contributed by atoms with E-state index in [1.165, 1.54) is 13.8 Å². The second kappa shape index (κ2) is 9.34. The average molecular weight is 559 g/mol. The molecule has 1 heterocycles. The molecule has 1 aliphatic heterocycles. The molecule has 40 heavy (non-hydrogen) atoms. The van der Waals surface area contributed by atoms with Crippen LogP contribution in [0, 0.1) is 22.7 Å². The molecule has 9 atom stereocenters. The zero-order valence-electron chi connectivity index (χ0n) is 24.0. The van der Waals surface area contributed by atoms with Crippen molar-refractivity contribution in [1.82, 2.24) is 0 Å². The smallest absolute Gasteiger partial charge is 0.334 e. The van der Waals surface area contributed by atoms with E-state index in [4.69, 9.17) is 9.47 Å². The third-order valence-electron chi connectivity index (χ3n) is 11.7. The fourth-order valence-electron chi connectivity index (χ4n) is 9.34. The number of carbonyl (C=O) groups excluding carboxylic acids is 3. The van der Waals surface area contributed by atoms with E-state index >= 15 is 0 Å². The van der Waals surface area contributed by atoms with Crippen LogP contribution in [0.3, 0.4) is 0 Å². The molecule has 4 N–H and O–H groups in total. The van der Waals surface area contributed by atoms with Crippen molar-refractivity contribution in [2.45, 2.75) is 109 Å². The molecule has 0 aromatic carbocycles. The molecule has 0 aromatic rings. The van der Waals surface area contributed by atoms with E-state index in [1.54, 1.807) is 13.0 Å². The van der Waals surface area contributed by atoms with Crippen LogP contribution in [-0.4, -0.2) is 73.8 Å². The van der Waals surface area contributed by atoms with Gasteiger partial charge in [-0.15, -0.1) is 0 Å². The van der Waals surface area contributed by atoms with E-state index in [0.29, 0.717) is 24.8 Å². The number of esters is 2. The van der Waals surface area contributed by atoms with Crippen molar-refractivity contribution in [3.05, 3.63) is 34.9 Å². The van der Waals surface area contributed by atoms with Crippen molar-refractivity contribution in [1.29, 1.82) is 0 Å². The number of fused-ring (bicyclic) bond motifs is 5. The number of rotatable bonds is 5. The lowest BCUT2D eigenvalue weighted by Gasteiger charge is -2.64. The molecule has 5 rings (SSSR count). The van der Waals surface area contributed by atoms with Gasteiger partial charge in [0.1, 0.15) is 29.0 Å². The van der Waals surface area contributed by atoms with Crippen LogP contribution in [-0.2, 0) is 23.9 Å². The number of allylic oxidation sites excluding steroid dienone is 4.